The zero-order valence-electron chi connectivity index (χ0n) is 12.4. The molecule has 0 saturated carbocycles. The molecule has 0 fully saturated rings. The third-order valence-corrected chi connectivity index (χ3v) is 5.65. The molecule has 3 N–H and O–H groups in total. The summed E-state index contributed by atoms with van der Waals surface area (Å²) in [5.74, 6) is -0.453. The van der Waals surface area contributed by atoms with E-state index < -0.39 is 20.5 Å². The van der Waals surface area contributed by atoms with Gasteiger partial charge in [0, 0.05) is 24.9 Å². The van der Waals surface area contributed by atoms with Gasteiger partial charge in [-0.1, -0.05) is 6.07 Å². The zero-order chi connectivity index (χ0) is 15.6. The van der Waals surface area contributed by atoms with E-state index in [1.165, 1.54) is 6.26 Å². The molecule has 112 valence electrons. The van der Waals surface area contributed by atoms with Crippen LogP contribution >= 0.6 is 0 Å². The van der Waals surface area contributed by atoms with E-state index in [4.69, 9.17) is 5.73 Å². The fourth-order valence-corrected chi connectivity index (χ4v) is 2.04. The summed E-state index contributed by atoms with van der Waals surface area (Å²) in [7, 11) is -3.11. The van der Waals surface area contributed by atoms with Gasteiger partial charge in [-0.05, 0) is 44.0 Å². The first-order valence-electron chi connectivity index (χ1n) is 6.34. The molecule has 20 heavy (non-hydrogen) atoms. The van der Waals surface area contributed by atoms with E-state index in [1.807, 2.05) is 13.0 Å². The molecule has 5 nitrogen and oxygen atoms in total. The maximum absolute atomic E-state index is 11.6. The molecule has 0 radical (unpaired) electrons. The van der Waals surface area contributed by atoms with Gasteiger partial charge < -0.3 is 11.1 Å². The maximum Gasteiger partial charge on any atom is 0.248 e. The van der Waals surface area contributed by atoms with Gasteiger partial charge in [0.25, 0.3) is 0 Å². The second-order valence-electron chi connectivity index (χ2n) is 5.64. The molecule has 0 atom stereocenters. The van der Waals surface area contributed by atoms with E-state index in [2.05, 4.69) is 5.32 Å². The van der Waals surface area contributed by atoms with Crippen LogP contribution < -0.4 is 11.1 Å². The van der Waals surface area contributed by atoms with Crippen LogP contribution in [0.4, 0.5) is 0 Å². The van der Waals surface area contributed by atoms with E-state index in [0.717, 1.165) is 11.1 Å². The Labute approximate surface area is 120 Å². The second-order valence-corrected chi connectivity index (χ2v) is 8.29. The van der Waals surface area contributed by atoms with Crippen LogP contribution in [0.25, 0.3) is 0 Å². The lowest BCUT2D eigenvalue weighted by molar-refractivity contribution is 0.1000. The monoisotopic (exact) mass is 298 g/mol. The van der Waals surface area contributed by atoms with Gasteiger partial charge in [-0.3, -0.25) is 4.79 Å². The van der Waals surface area contributed by atoms with Gasteiger partial charge >= 0.3 is 0 Å². The first-order chi connectivity index (χ1) is 9.04. The van der Waals surface area contributed by atoms with Crippen molar-refractivity contribution in [3.8, 4) is 0 Å². The first-order valence-corrected chi connectivity index (χ1v) is 8.23. The van der Waals surface area contributed by atoms with Crippen molar-refractivity contribution in [2.45, 2.75) is 32.1 Å². The summed E-state index contributed by atoms with van der Waals surface area (Å²) in [6.45, 7) is 6.19. The van der Waals surface area contributed by atoms with Crippen molar-refractivity contribution in [2.75, 3.05) is 12.8 Å². The van der Waals surface area contributed by atoms with Crippen LogP contribution in [0.15, 0.2) is 18.2 Å². The molecule has 0 bridgehead atoms. The van der Waals surface area contributed by atoms with Crippen molar-refractivity contribution in [1.29, 1.82) is 0 Å². The van der Waals surface area contributed by atoms with Gasteiger partial charge in [0.15, 0.2) is 9.84 Å². The van der Waals surface area contributed by atoms with E-state index in [0.29, 0.717) is 18.7 Å². The van der Waals surface area contributed by atoms with Gasteiger partial charge in [-0.2, -0.15) is 0 Å². The molecule has 1 amide bonds. The molecule has 0 aliphatic rings. The smallest absolute Gasteiger partial charge is 0.248 e. The molecular formula is C14H22N2O3S. The molecule has 1 rings (SSSR count). The Kier molecular flexibility index (Phi) is 4.94. The molecule has 0 spiro atoms. The largest absolute Gasteiger partial charge is 0.366 e. The molecule has 0 aliphatic heterocycles. The Morgan fingerprint density at radius 1 is 1.35 bits per heavy atom. The highest BCUT2D eigenvalue weighted by molar-refractivity contribution is 7.92. The number of sulfone groups is 1. The minimum absolute atomic E-state index is 0.364. The van der Waals surface area contributed by atoms with Crippen LogP contribution in [-0.4, -0.2) is 31.9 Å². The first kappa shape index (κ1) is 16.7. The number of amides is 1. The van der Waals surface area contributed by atoms with Crippen molar-refractivity contribution in [3.63, 3.8) is 0 Å². The maximum atomic E-state index is 11.6. The highest BCUT2D eigenvalue weighted by Gasteiger charge is 2.29. The van der Waals surface area contributed by atoms with Crippen molar-refractivity contribution >= 4 is 15.7 Å². The summed E-state index contributed by atoms with van der Waals surface area (Å²) in [5.41, 5.74) is 7.65. The van der Waals surface area contributed by atoms with Gasteiger partial charge in [0.1, 0.15) is 0 Å². The quantitative estimate of drug-likeness (QED) is 0.820. The predicted molar refractivity (Wildman–Crippen MR) is 80.3 cm³/mol. The third kappa shape index (κ3) is 4.05. The molecule has 1 aromatic carbocycles. The summed E-state index contributed by atoms with van der Waals surface area (Å²) in [6, 6.07) is 5.24. The molecule has 0 heterocycles. The second kappa shape index (κ2) is 5.93. The molecule has 0 unspecified atom stereocenters. The van der Waals surface area contributed by atoms with Crippen molar-refractivity contribution in [2.24, 2.45) is 5.73 Å². The van der Waals surface area contributed by atoms with E-state index in [1.54, 1.807) is 26.0 Å². The molecule has 0 saturated heterocycles. The van der Waals surface area contributed by atoms with Crippen LogP contribution in [0.2, 0.25) is 0 Å². The minimum atomic E-state index is -3.11. The fraction of sp³-hybridized carbons (Fsp3) is 0.500. The van der Waals surface area contributed by atoms with Gasteiger partial charge in [0.2, 0.25) is 5.91 Å². The number of aryl methyl sites for hydroxylation is 1. The number of benzene rings is 1. The number of nitrogens with one attached hydrogen (secondary N) is 1. The number of carbonyl (C=O) groups is 1. The van der Waals surface area contributed by atoms with Gasteiger partial charge in [-0.15, -0.1) is 0 Å². The normalized spacial score (nSPS) is 12.4. The van der Waals surface area contributed by atoms with Crippen LogP contribution in [0.5, 0.6) is 0 Å². The average Bonchev–Trinajstić information content (AvgIpc) is 2.29. The van der Waals surface area contributed by atoms with Gasteiger partial charge in [-0.25, -0.2) is 8.42 Å². The predicted octanol–water partition coefficient (Wildman–Crippen LogP) is 1.01. The fourth-order valence-electron chi connectivity index (χ4n) is 1.68. The summed E-state index contributed by atoms with van der Waals surface area (Å²) in [6.07, 6.45) is 1.24. The van der Waals surface area contributed by atoms with E-state index in [9.17, 15) is 13.2 Å². The topological polar surface area (TPSA) is 89.3 Å². The number of carbonyl (C=O) groups excluding carboxylic acids is 1. The van der Waals surface area contributed by atoms with Crippen LogP contribution in [0, 0.1) is 6.92 Å². The van der Waals surface area contributed by atoms with Crippen LogP contribution in [-0.2, 0) is 16.4 Å². The highest BCUT2D eigenvalue weighted by atomic mass is 32.2. The molecular weight excluding hydrogens is 276 g/mol. The highest BCUT2D eigenvalue weighted by Crippen LogP contribution is 2.15. The zero-order valence-corrected chi connectivity index (χ0v) is 13.2. The summed E-state index contributed by atoms with van der Waals surface area (Å²) < 4.78 is 22.4. The Morgan fingerprint density at radius 2 is 1.95 bits per heavy atom. The summed E-state index contributed by atoms with van der Waals surface area (Å²) >= 11 is 0. The van der Waals surface area contributed by atoms with Crippen molar-refractivity contribution < 1.29 is 13.2 Å². The number of hydrogen-bond acceptors (Lipinski definition) is 4. The number of primary amides is 1. The lowest BCUT2D eigenvalue weighted by atomic mass is 10.0. The standard InChI is InChI=1S/C14H22N2O3S/c1-10-7-11(13(15)17)5-6-12(10)8-16-9-14(2,3)20(4,18)19/h5-7,16H,8-9H2,1-4H3,(H2,15,17). The van der Waals surface area contributed by atoms with Gasteiger partial charge in [0.05, 0.1) is 4.75 Å². The number of rotatable bonds is 6. The molecule has 6 heteroatoms. The summed E-state index contributed by atoms with van der Waals surface area (Å²) in [4.78, 5) is 11.1. The molecule has 0 aliphatic carbocycles. The lowest BCUT2D eigenvalue weighted by Gasteiger charge is -2.23. The van der Waals surface area contributed by atoms with E-state index in [-0.39, 0.29) is 0 Å². The average molecular weight is 298 g/mol. The van der Waals surface area contributed by atoms with E-state index >= 15 is 0 Å². The summed E-state index contributed by atoms with van der Waals surface area (Å²) in [5, 5.41) is 3.14. The molecule has 0 aromatic heterocycles. The molecule has 1 aromatic rings. The number of nitrogens with two attached hydrogens (primary N) is 1. The number of hydrogen-bond donors (Lipinski definition) is 2. The Bertz CT molecular complexity index is 607. The Balaban J connectivity index is 2.70. The Hall–Kier alpha value is -1.40. The lowest BCUT2D eigenvalue weighted by Crippen LogP contribution is -2.41. The third-order valence-electron chi connectivity index (χ3n) is 3.50. The minimum Gasteiger partial charge on any atom is -0.366 e. The Morgan fingerprint density at radius 3 is 2.40 bits per heavy atom. The SMILES string of the molecule is Cc1cc(C(N)=O)ccc1CNCC(C)(C)S(C)(=O)=O. The van der Waals surface area contributed by atoms with Crippen molar-refractivity contribution in [1.82, 2.24) is 5.32 Å². The van der Waals surface area contributed by atoms with Crippen LogP contribution in [0.3, 0.4) is 0 Å². The van der Waals surface area contributed by atoms with Crippen LogP contribution in [0.1, 0.15) is 35.3 Å². The van der Waals surface area contributed by atoms with Crippen molar-refractivity contribution in [3.05, 3.63) is 34.9 Å².